The van der Waals surface area contributed by atoms with Crippen molar-refractivity contribution in [2.45, 2.75) is 38.5 Å². The second kappa shape index (κ2) is 13.8. The lowest BCUT2D eigenvalue weighted by atomic mass is 9.71. The van der Waals surface area contributed by atoms with Gasteiger partial charge < -0.3 is 15.6 Å². The molecule has 0 spiro atoms. The van der Waals surface area contributed by atoms with Crippen molar-refractivity contribution >= 4 is 59.5 Å². The first kappa shape index (κ1) is 31.7. The average Bonchev–Trinajstić information content (AvgIpc) is 2.68. The van der Waals surface area contributed by atoms with Crippen LogP contribution in [-0.2, 0) is 27.2 Å². The van der Waals surface area contributed by atoms with Gasteiger partial charge in [0, 0.05) is 49.6 Å². The molecule has 0 aromatic carbocycles. The van der Waals surface area contributed by atoms with Gasteiger partial charge in [-0.05, 0) is 49.9 Å². The number of rotatable bonds is 15. The summed E-state index contributed by atoms with van der Waals surface area (Å²) < 4.78 is 67.7. The first-order chi connectivity index (χ1) is 15.1. The van der Waals surface area contributed by atoms with Gasteiger partial charge in [-0.25, -0.2) is 0 Å². The van der Waals surface area contributed by atoms with Gasteiger partial charge >= 0.3 is 27.2 Å². The molecule has 198 valence electrons. The fraction of sp³-hybridized carbons (Fsp3) is 1.00. The average molecular weight is 592 g/mol. The Morgan fingerprint density at radius 3 is 1.39 bits per heavy atom. The fourth-order valence-electron chi connectivity index (χ4n) is 3.61. The SMILES string of the molecule is C[NH+]([O-])S(=O)(=O)SCCC1CCC(CCSS(=O)(=O)[NH+](C)[O-])C(CCSS(=O)(=O)[NH+](C)[O-])C1. The zero-order valence-corrected chi connectivity index (χ0v) is 23.6. The Morgan fingerprint density at radius 2 is 1.00 bits per heavy atom. The van der Waals surface area contributed by atoms with Gasteiger partial charge in [0.15, 0.2) is 0 Å². The molecule has 0 aromatic rings. The molecule has 33 heavy (non-hydrogen) atoms. The summed E-state index contributed by atoms with van der Waals surface area (Å²) in [6.45, 7) is 0. The van der Waals surface area contributed by atoms with Crippen LogP contribution in [0.3, 0.4) is 0 Å². The first-order valence-corrected chi connectivity index (χ1v) is 19.2. The van der Waals surface area contributed by atoms with Gasteiger partial charge in [0.25, 0.3) is 0 Å². The smallest absolute Gasteiger partial charge is 0.351 e. The van der Waals surface area contributed by atoms with Gasteiger partial charge in [-0.15, -0.1) is 0 Å². The minimum atomic E-state index is -3.86. The molecule has 0 aromatic heterocycles. The van der Waals surface area contributed by atoms with Crippen LogP contribution in [0.4, 0.5) is 0 Å². The van der Waals surface area contributed by atoms with E-state index < -0.39 is 40.6 Å². The van der Waals surface area contributed by atoms with E-state index in [1.165, 1.54) is 0 Å². The fourth-order valence-corrected chi connectivity index (χ4v) is 10.3. The van der Waals surface area contributed by atoms with Gasteiger partial charge in [0.05, 0.1) is 21.1 Å². The van der Waals surface area contributed by atoms with Crippen molar-refractivity contribution in [2.24, 2.45) is 17.8 Å². The van der Waals surface area contributed by atoms with Crippen LogP contribution >= 0.6 is 32.4 Å². The lowest BCUT2D eigenvalue weighted by molar-refractivity contribution is -0.677. The van der Waals surface area contributed by atoms with Crippen molar-refractivity contribution in [3.05, 3.63) is 15.6 Å². The highest BCUT2D eigenvalue weighted by atomic mass is 33.2. The lowest BCUT2D eigenvalue weighted by Crippen LogP contribution is -3.05. The molecule has 0 bridgehead atoms. The van der Waals surface area contributed by atoms with Gasteiger partial charge in [0.2, 0.25) is 0 Å². The molecule has 1 fully saturated rings. The summed E-state index contributed by atoms with van der Waals surface area (Å²) in [5, 5.41) is 33.6. The Morgan fingerprint density at radius 1 is 0.636 bits per heavy atom. The van der Waals surface area contributed by atoms with E-state index in [1.54, 1.807) is 0 Å². The third-order valence-corrected chi connectivity index (χ3v) is 16.2. The summed E-state index contributed by atoms with van der Waals surface area (Å²) >= 11 is 0. The lowest BCUT2D eigenvalue weighted by Gasteiger charge is -2.36. The maximum atomic E-state index is 11.8. The molecule has 18 heteroatoms. The second-order valence-corrected chi connectivity index (χ2v) is 20.3. The molecular weight excluding hydrogens is 559 g/mol. The van der Waals surface area contributed by atoms with E-state index in [0.717, 1.165) is 40.4 Å². The van der Waals surface area contributed by atoms with E-state index in [2.05, 4.69) is 0 Å². The highest BCUT2D eigenvalue weighted by molar-refractivity contribution is 8.70. The minimum Gasteiger partial charge on any atom is -0.618 e. The maximum Gasteiger partial charge on any atom is 0.351 e. The summed E-state index contributed by atoms with van der Waals surface area (Å²) in [6, 6.07) is 0. The Hall–Kier alpha value is 0.660. The summed E-state index contributed by atoms with van der Waals surface area (Å²) in [5.74, 6) is 1.16. The van der Waals surface area contributed by atoms with E-state index >= 15 is 0 Å². The van der Waals surface area contributed by atoms with E-state index in [4.69, 9.17) is 0 Å². The quantitative estimate of drug-likeness (QED) is 0.143. The number of hydrogen-bond donors (Lipinski definition) is 3. The van der Waals surface area contributed by atoms with Crippen molar-refractivity contribution in [3.63, 3.8) is 0 Å². The first-order valence-electron chi connectivity index (χ1n) is 10.3. The van der Waals surface area contributed by atoms with Crippen molar-refractivity contribution < 1.29 is 38.7 Å². The van der Waals surface area contributed by atoms with E-state index in [-0.39, 0.29) is 35.0 Å². The van der Waals surface area contributed by atoms with Crippen molar-refractivity contribution in [3.8, 4) is 0 Å². The molecule has 6 atom stereocenters. The predicted octanol–water partition coefficient (Wildman–Crippen LogP) is -1.84. The van der Waals surface area contributed by atoms with Crippen LogP contribution in [0.1, 0.15) is 38.5 Å². The van der Waals surface area contributed by atoms with Gasteiger partial charge in [0.1, 0.15) is 0 Å². The van der Waals surface area contributed by atoms with Gasteiger partial charge in [-0.2, -0.15) is 25.3 Å². The largest absolute Gasteiger partial charge is 0.618 e. The second-order valence-electron chi connectivity index (χ2n) is 7.87. The van der Waals surface area contributed by atoms with Crippen LogP contribution in [0.25, 0.3) is 0 Å². The highest BCUT2D eigenvalue weighted by Crippen LogP contribution is 2.41. The standard InChI is InChI=1S/C15H33N3O9S6/c1-16(19)31(22,23)28-9-6-13-4-5-14(7-10-29-32(24,25)17(2)20)15(12-13)8-11-30-33(26,27)18(3)21/h13-18H,4-12H2,1-3H3. The zero-order valence-electron chi connectivity index (χ0n) is 18.7. The highest BCUT2D eigenvalue weighted by Gasteiger charge is 2.32. The zero-order chi connectivity index (χ0) is 25.4. The Kier molecular flexibility index (Phi) is 13.3. The normalized spacial score (nSPS) is 25.5. The number of nitrogens with one attached hydrogen (secondary N) is 3. The summed E-state index contributed by atoms with van der Waals surface area (Å²) in [4.78, 5) is 0. The Labute approximate surface area is 207 Å². The van der Waals surface area contributed by atoms with E-state index in [9.17, 15) is 40.9 Å². The third kappa shape index (κ3) is 11.1. The molecular formula is C15H33N3O9S6. The van der Waals surface area contributed by atoms with Crippen LogP contribution in [0.2, 0.25) is 0 Å². The molecule has 1 aliphatic rings. The van der Waals surface area contributed by atoms with Crippen molar-refractivity contribution in [1.29, 1.82) is 0 Å². The Balaban J connectivity index is 2.71. The summed E-state index contributed by atoms with van der Waals surface area (Å²) in [5.41, 5.74) is 0. The van der Waals surface area contributed by atoms with Crippen LogP contribution in [0.5, 0.6) is 0 Å². The van der Waals surface area contributed by atoms with Crippen molar-refractivity contribution in [2.75, 3.05) is 38.4 Å². The van der Waals surface area contributed by atoms with Crippen molar-refractivity contribution in [1.82, 2.24) is 0 Å². The topological polar surface area (TPSA) is 185 Å². The summed E-state index contributed by atoms with van der Waals surface area (Å²) in [7, 11) is -6.65. The molecule has 0 radical (unpaired) electrons. The predicted molar refractivity (Wildman–Crippen MR) is 133 cm³/mol. The molecule has 0 saturated heterocycles. The summed E-state index contributed by atoms with van der Waals surface area (Å²) in [6.07, 6.45) is 3.95. The molecule has 12 nitrogen and oxygen atoms in total. The van der Waals surface area contributed by atoms with E-state index in [1.807, 2.05) is 0 Å². The Bertz CT molecular complexity index is 909. The number of quaternary nitrogens is 3. The van der Waals surface area contributed by atoms with Crippen LogP contribution < -0.4 is 13.4 Å². The van der Waals surface area contributed by atoms with Crippen LogP contribution in [-0.4, -0.2) is 63.7 Å². The van der Waals surface area contributed by atoms with E-state index in [0.29, 0.717) is 51.6 Å². The molecule has 0 heterocycles. The monoisotopic (exact) mass is 591 g/mol. The van der Waals surface area contributed by atoms with Gasteiger partial charge in [-0.3, -0.25) is 13.4 Å². The molecule has 1 saturated carbocycles. The molecule has 1 aliphatic carbocycles. The molecule has 0 aliphatic heterocycles. The van der Waals surface area contributed by atoms with Gasteiger partial charge in [-0.1, -0.05) is 6.42 Å². The van der Waals surface area contributed by atoms with Crippen LogP contribution in [0, 0.1) is 33.4 Å². The third-order valence-electron chi connectivity index (χ3n) is 5.52. The molecule has 0 amide bonds. The number of hydroxylamine groups is 3. The number of hydrogen-bond acceptors (Lipinski definition) is 12. The molecule has 3 N–H and O–H groups in total. The molecule has 6 unspecified atom stereocenters. The maximum absolute atomic E-state index is 11.8. The molecule has 1 rings (SSSR count). The van der Waals surface area contributed by atoms with Crippen LogP contribution in [0.15, 0.2) is 0 Å². The minimum absolute atomic E-state index is 0.0773.